The fourth-order valence-corrected chi connectivity index (χ4v) is 1.88. The van der Waals surface area contributed by atoms with Crippen LogP contribution in [0.15, 0.2) is 46.8 Å². The number of anilines is 2. The summed E-state index contributed by atoms with van der Waals surface area (Å²) >= 11 is 0. The maximum atomic E-state index is 13.9. The van der Waals surface area contributed by atoms with Crippen LogP contribution in [-0.2, 0) is 0 Å². The van der Waals surface area contributed by atoms with E-state index >= 15 is 0 Å². The average Bonchev–Trinajstić information content (AvgIpc) is 2.94. The van der Waals surface area contributed by atoms with E-state index in [0.717, 1.165) is 6.21 Å². The Bertz CT molecular complexity index is 678. The Labute approximate surface area is 145 Å². The zero-order chi connectivity index (χ0) is 18.8. The third-order valence-electron chi connectivity index (χ3n) is 3.14. The first-order valence-electron chi connectivity index (χ1n) is 7.52. The number of alkyl halides is 2. The molecule has 0 saturated heterocycles. The van der Waals surface area contributed by atoms with Gasteiger partial charge in [-0.1, -0.05) is 24.8 Å². The minimum absolute atomic E-state index is 0.134. The number of hydrogen-bond donors (Lipinski definition) is 3. The van der Waals surface area contributed by atoms with Gasteiger partial charge in [-0.05, 0) is 18.6 Å². The van der Waals surface area contributed by atoms with E-state index in [9.17, 15) is 13.2 Å². The van der Waals surface area contributed by atoms with E-state index in [4.69, 9.17) is 0 Å². The van der Waals surface area contributed by atoms with Crippen molar-refractivity contribution < 1.29 is 13.2 Å². The van der Waals surface area contributed by atoms with Gasteiger partial charge in [0.25, 0.3) is 6.43 Å². The van der Waals surface area contributed by atoms with Crippen molar-refractivity contribution in [3.05, 3.63) is 47.3 Å². The number of aromatic nitrogens is 2. The van der Waals surface area contributed by atoms with Crippen LogP contribution in [0.5, 0.6) is 0 Å². The van der Waals surface area contributed by atoms with Crippen molar-refractivity contribution in [2.75, 3.05) is 31.3 Å². The van der Waals surface area contributed by atoms with Gasteiger partial charge in [0.05, 0.1) is 18.3 Å². The van der Waals surface area contributed by atoms with Gasteiger partial charge >= 0.3 is 0 Å². The first-order chi connectivity index (χ1) is 11.9. The van der Waals surface area contributed by atoms with Gasteiger partial charge in [-0.15, -0.1) is 0 Å². The third kappa shape index (κ3) is 6.33. The molecule has 0 fully saturated rings. The molecule has 0 radical (unpaired) electrons. The van der Waals surface area contributed by atoms with E-state index in [1.54, 1.807) is 20.2 Å². The molecule has 0 spiro atoms. The zero-order valence-electron chi connectivity index (χ0n) is 14.4. The summed E-state index contributed by atoms with van der Waals surface area (Å²) in [5.41, 5.74) is 0.707. The van der Waals surface area contributed by atoms with Crippen molar-refractivity contribution in [3.63, 3.8) is 0 Å². The maximum absolute atomic E-state index is 13.9. The van der Waals surface area contributed by atoms with Crippen molar-refractivity contribution in [2.45, 2.75) is 13.3 Å². The van der Waals surface area contributed by atoms with Gasteiger partial charge in [-0.2, -0.15) is 5.10 Å². The quantitative estimate of drug-likeness (QED) is 0.460. The summed E-state index contributed by atoms with van der Waals surface area (Å²) in [6, 6.07) is 0. The molecule has 0 unspecified atom stereocenters. The number of halogens is 3. The molecule has 1 aromatic heterocycles. The summed E-state index contributed by atoms with van der Waals surface area (Å²) in [6.45, 7) is 5.16. The molecule has 1 rings (SSSR count). The lowest BCUT2D eigenvalue weighted by atomic mass is 10.1. The van der Waals surface area contributed by atoms with Crippen LogP contribution in [0.4, 0.5) is 24.8 Å². The number of nitrogens with zero attached hydrogens (tertiary/aromatic N) is 2. The monoisotopic (exact) mass is 353 g/mol. The summed E-state index contributed by atoms with van der Waals surface area (Å²) in [7, 11) is 3.36. The molecular weight excluding hydrogens is 331 g/mol. The van der Waals surface area contributed by atoms with Crippen LogP contribution in [0.2, 0.25) is 0 Å². The molecule has 25 heavy (non-hydrogen) atoms. The topological polar surface area (TPSA) is 65.1 Å². The molecular formula is C17H22F3N5. The van der Waals surface area contributed by atoms with Gasteiger partial charge in [0.15, 0.2) is 5.82 Å². The highest BCUT2D eigenvalue weighted by Gasteiger charge is 2.10. The van der Waals surface area contributed by atoms with Crippen molar-refractivity contribution >= 4 is 23.9 Å². The molecule has 8 heteroatoms. The second-order valence-corrected chi connectivity index (χ2v) is 5.02. The molecule has 0 amide bonds. The summed E-state index contributed by atoms with van der Waals surface area (Å²) in [6.07, 6.45) is 4.04. The van der Waals surface area contributed by atoms with E-state index < -0.39 is 12.3 Å². The van der Waals surface area contributed by atoms with Gasteiger partial charge in [-0.3, -0.25) is 10.1 Å². The fraction of sp³-hybridized carbons (Fsp3) is 0.294. The highest BCUT2D eigenvalue weighted by Crippen LogP contribution is 2.23. The van der Waals surface area contributed by atoms with E-state index in [-0.39, 0.29) is 12.1 Å². The van der Waals surface area contributed by atoms with Gasteiger partial charge < -0.3 is 10.6 Å². The van der Waals surface area contributed by atoms with Crippen molar-refractivity contribution in [1.29, 1.82) is 0 Å². The molecule has 5 nitrogen and oxygen atoms in total. The lowest BCUT2D eigenvalue weighted by Crippen LogP contribution is -1.96. The normalized spacial score (nSPS) is 13.2. The van der Waals surface area contributed by atoms with Crippen LogP contribution in [-0.4, -0.2) is 43.5 Å². The molecule has 0 bridgehead atoms. The Balaban J connectivity index is 2.70. The second-order valence-electron chi connectivity index (χ2n) is 5.02. The molecule has 1 heterocycles. The molecule has 136 valence electrons. The highest BCUT2D eigenvalue weighted by atomic mass is 19.3. The minimum Gasteiger partial charge on any atom is -0.373 e. The van der Waals surface area contributed by atoms with Crippen LogP contribution >= 0.6 is 0 Å². The Morgan fingerprint density at radius 3 is 2.64 bits per heavy atom. The van der Waals surface area contributed by atoms with E-state index in [0.29, 0.717) is 22.8 Å². The maximum Gasteiger partial charge on any atom is 0.264 e. The molecule has 0 aromatic carbocycles. The van der Waals surface area contributed by atoms with Crippen LogP contribution in [0.25, 0.3) is 6.08 Å². The predicted octanol–water partition coefficient (Wildman–Crippen LogP) is 4.20. The fourth-order valence-electron chi connectivity index (χ4n) is 1.88. The smallest absolute Gasteiger partial charge is 0.264 e. The first-order valence-corrected chi connectivity index (χ1v) is 7.52. The lowest BCUT2D eigenvalue weighted by molar-refractivity contribution is 0.192. The van der Waals surface area contributed by atoms with E-state index in [2.05, 4.69) is 32.4 Å². The van der Waals surface area contributed by atoms with Crippen LogP contribution in [0, 0.1) is 0 Å². The number of allylic oxidation sites excluding steroid dienone is 5. The molecule has 3 N–H and O–H groups in total. The largest absolute Gasteiger partial charge is 0.373 e. The van der Waals surface area contributed by atoms with Crippen LogP contribution in [0.3, 0.4) is 0 Å². The van der Waals surface area contributed by atoms with Gasteiger partial charge in [0.1, 0.15) is 11.6 Å². The van der Waals surface area contributed by atoms with Crippen molar-refractivity contribution in [1.82, 2.24) is 10.2 Å². The lowest BCUT2D eigenvalue weighted by Gasteiger charge is -2.02. The van der Waals surface area contributed by atoms with Crippen molar-refractivity contribution in [3.8, 4) is 0 Å². The Morgan fingerprint density at radius 1 is 1.36 bits per heavy atom. The Morgan fingerprint density at radius 2 is 2.08 bits per heavy atom. The molecule has 0 atom stereocenters. The third-order valence-corrected chi connectivity index (χ3v) is 3.14. The number of aliphatic imine (C=N–C) groups is 1. The summed E-state index contributed by atoms with van der Waals surface area (Å²) in [4.78, 5) is 3.88. The average molecular weight is 353 g/mol. The summed E-state index contributed by atoms with van der Waals surface area (Å²) < 4.78 is 39.3. The second kappa shape index (κ2) is 10.2. The first kappa shape index (κ1) is 20.3. The standard InChI is InChI=1S/C17H22F3N5/c1-11(2)13(15(19)20)7-5-6-8-23-10-12(18)9-14-16(21-3)24-25-17(14)22-4/h5-7,9-10,15H,1,8H2,2-4H3,(H3,21,22,24,25)/b6-5-,12-9?,13-7+,23-10?. The van der Waals surface area contributed by atoms with Gasteiger partial charge in [0, 0.05) is 19.7 Å². The van der Waals surface area contributed by atoms with Gasteiger partial charge in [0.2, 0.25) is 0 Å². The van der Waals surface area contributed by atoms with Crippen molar-refractivity contribution in [2.24, 2.45) is 4.99 Å². The number of rotatable bonds is 9. The summed E-state index contributed by atoms with van der Waals surface area (Å²) in [5, 5.41) is 12.4. The zero-order valence-corrected chi connectivity index (χ0v) is 14.4. The molecule has 0 aliphatic heterocycles. The van der Waals surface area contributed by atoms with Gasteiger partial charge in [-0.25, -0.2) is 13.2 Å². The summed E-state index contributed by atoms with van der Waals surface area (Å²) in [5.74, 6) is 0.503. The molecule has 0 aliphatic carbocycles. The van der Waals surface area contributed by atoms with Crippen LogP contribution in [0.1, 0.15) is 12.5 Å². The minimum atomic E-state index is -2.58. The molecule has 0 aliphatic rings. The molecule has 1 aromatic rings. The number of aromatic amines is 1. The molecule has 0 saturated carbocycles. The highest BCUT2D eigenvalue weighted by molar-refractivity contribution is 5.87. The Hall–Kier alpha value is -2.77. The number of H-pyrrole nitrogens is 1. The van der Waals surface area contributed by atoms with E-state index in [1.807, 2.05) is 0 Å². The number of hydrogen-bond acceptors (Lipinski definition) is 4. The van der Waals surface area contributed by atoms with E-state index in [1.165, 1.54) is 25.2 Å². The SMILES string of the molecule is C=C(C)/C(=C\C=C/CN=CC(F)=Cc1c(NC)n[nH]c1NC)C(F)F. The Kier molecular flexibility index (Phi) is 8.25. The van der Waals surface area contributed by atoms with Crippen LogP contribution < -0.4 is 10.6 Å². The predicted molar refractivity (Wildman–Crippen MR) is 98.2 cm³/mol. The number of nitrogens with one attached hydrogen (secondary N) is 3.